The molecule has 1 N–H and O–H groups in total. The third kappa shape index (κ3) is 15.0. The fourth-order valence-corrected chi connectivity index (χ4v) is 0.313. The first kappa shape index (κ1) is 15.6. The van der Waals surface area contributed by atoms with Crippen LogP contribution in [0.5, 0.6) is 0 Å². The van der Waals surface area contributed by atoms with Crippen molar-refractivity contribution in [3.63, 3.8) is 0 Å². The van der Waals surface area contributed by atoms with Gasteiger partial charge >= 0.3 is 11.9 Å². The van der Waals surface area contributed by atoms with Gasteiger partial charge < -0.3 is 9.84 Å². The lowest BCUT2D eigenvalue weighted by Crippen LogP contribution is -2.02. The Morgan fingerprint density at radius 3 is 2.27 bits per heavy atom. The molecule has 0 bridgehead atoms. The molecule has 0 radical (unpaired) electrons. The van der Waals surface area contributed by atoms with E-state index in [1.54, 1.807) is 6.92 Å². The number of aliphatic carboxylic acids is 1. The van der Waals surface area contributed by atoms with Crippen LogP contribution in [0.15, 0.2) is 12.2 Å². The maximum atomic E-state index is 10.4. The molecular weight excluding hydrogens is 198 g/mol. The third-order valence-electron chi connectivity index (χ3n) is 1.13. The Bertz CT molecular complexity index is 253. The molecule has 0 amide bonds. The van der Waals surface area contributed by atoms with Crippen LogP contribution in [-0.2, 0) is 14.3 Å². The Morgan fingerprint density at radius 1 is 1.53 bits per heavy atom. The van der Waals surface area contributed by atoms with Crippen LogP contribution in [0.4, 0.5) is 0 Å². The zero-order valence-corrected chi connectivity index (χ0v) is 8.95. The first-order valence-corrected chi connectivity index (χ1v) is 4.37. The van der Waals surface area contributed by atoms with E-state index in [1.165, 1.54) is 6.92 Å². The van der Waals surface area contributed by atoms with Crippen LogP contribution in [0.1, 0.15) is 26.7 Å². The molecule has 0 aromatic heterocycles. The van der Waals surface area contributed by atoms with Crippen molar-refractivity contribution in [3.8, 4) is 6.07 Å². The molecule has 5 nitrogen and oxygen atoms in total. The number of carbonyl (C=O) groups is 2. The van der Waals surface area contributed by atoms with E-state index in [2.05, 4.69) is 11.3 Å². The van der Waals surface area contributed by atoms with Crippen molar-refractivity contribution in [1.82, 2.24) is 0 Å². The standard InChI is InChI=1S/C6H9NO2.C4H6O2/c1-2-6(8)9-5-3-4-7;1-3(2)4(5)6/h2-3,5H2,1H3;1H2,2H3,(H,5,6). The largest absolute Gasteiger partial charge is 0.478 e. The Kier molecular flexibility index (Phi) is 10.7. The molecule has 0 aliphatic rings. The second-order valence-corrected chi connectivity index (χ2v) is 2.57. The first-order chi connectivity index (χ1) is 6.95. The van der Waals surface area contributed by atoms with Crippen molar-refractivity contribution in [1.29, 1.82) is 5.26 Å². The van der Waals surface area contributed by atoms with Gasteiger partial charge in [0.25, 0.3) is 0 Å². The van der Waals surface area contributed by atoms with E-state index in [0.29, 0.717) is 6.42 Å². The van der Waals surface area contributed by atoms with E-state index in [-0.39, 0.29) is 24.6 Å². The van der Waals surface area contributed by atoms with Gasteiger partial charge in [0.1, 0.15) is 6.61 Å². The molecule has 0 aromatic rings. The number of carboxylic acid groups (broad SMARTS) is 1. The van der Waals surface area contributed by atoms with Crippen molar-refractivity contribution in [2.24, 2.45) is 0 Å². The van der Waals surface area contributed by atoms with Gasteiger partial charge in [-0.2, -0.15) is 5.26 Å². The molecule has 0 rings (SSSR count). The molecule has 0 saturated carbocycles. The number of hydrogen-bond donors (Lipinski definition) is 1. The fourth-order valence-electron chi connectivity index (χ4n) is 0.313. The zero-order chi connectivity index (χ0) is 12.3. The Morgan fingerprint density at radius 2 is 2.00 bits per heavy atom. The molecule has 0 aromatic carbocycles. The lowest BCUT2D eigenvalue weighted by atomic mass is 10.4. The molecular formula is C10H15NO4. The predicted molar refractivity (Wildman–Crippen MR) is 53.9 cm³/mol. The minimum atomic E-state index is -0.935. The van der Waals surface area contributed by atoms with E-state index >= 15 is 0 Å². The second-order valence-electron chi connectivity index (χ2n) is 2.57. The first-order valence-electron chi connectivity index (χ1n) is 4.37. The average Bonchev–Trinajstić information content (AvgIpc) is 2.18. The molecule has 0 heterocycles. The van der Waals surface area contributed by atoms with E-state index in [9.17, 15) is 9.59 Å². The summed E-state index contributed by atoms with van der Waals surface area (Å²) in [6, 6.07) is 1.87. The molecule has 0 spiro atoms. The summed E-state index contributed by atoms with van der Waals surface area (Å²) in [6.07, 6.45) is 0.664. The number of nitrogens with zero attached hydrogens (tertiary/aromatic N) is 1. The summed E-state index contributed by atoms with van der Waals surface area (Å²) in [5, 5.41) is 15.9. The quantitative estimate of drug-likeness (QED) is 0.434. The van der Waals surface area contributed by atoms with Gasteiger partial charge in [-0.15, -0.1) is 0 Å². The highest BCUT2D eigenvalue weighted by Gasteiger charge is 1.94. The molecule has 0 aliphatic heterocycles. The van der Waals surface area contributed by atoms with Gasteiger partial charge in [0, 0.05) is 12.0 Å². The van der Waals surface area contributed by atoms with E-state index in [1.807, 2.05) is 6.07 Å². The van der Waals surface area contributed by atoms with Gasteiger partial charge in [-0.05, 0) is 6.92 Å². The highest BCUT2D eigenvalue weighted by atomic mass is 16.5. The molecule has 0 saturated heterocycles. The maximum absolute atomic E-state index is 10.4. The van der Waals surface area contributed by atoms with Gasteiger partial charge in [0.15, 0.2) is 0 Å². The number of hydrogen-bond acceptors (Lipinski definition) is 4. The topological polar surface area (TPSA) is 87.4 Å². The third-order valence-corrected chi connectivity index (χ3v) is 1.13. The summed E-state index contributed by atoms with van der Waals surface area (Å²) in [7, 11) is 0. The molecule has 0 unspecified atom stereocenters. The fraction of sp³-hybridized carbons (Fsp3) is 0.500. The molecule has 0 aliphatic carbocycles. The number of nitriles is 1. The number of esters is 1. The van der Waals surface area contributed by atoms with Crippen LogP contribution in [0.3, 0.4) is 0 Å². The molecule has 15 heavy (non-hydrogen) atoms. The summed E-state index contributed by atoms with van der Waals surface area (Å²) in [5.74, 6) is -1.18. The van der Waals surface area contributed by atoms with Crippen molar-refractivity contribution < 1.29 is 19.4 Å². The summed E-state index contributed by atoms with van der Waals surface area (Å²) in [5.41, 5.74) is 0.176. The van der Waals surface area contributed by atoms with Crippen molar-refractivity contribution in [2.45, 2.75) is 26.7 Å². The Hall–Kier alpha value is -1.83. The van der Waals surface area contributed by atoms with Crippen molar-refractivity contribution >= 4 is 11.9 Å². The van der Waals surface area contributed by atoms with Crippen LogP contribution in [0.2, 0.25) is 0 Å². The van der Waals surface area contributed by atoms with Crippen molar-refractivity contribution in [3.05, 3.63) is 12.2 Å². The Labute approximate surface area is 89.0 Å². The van der Waals surface area contributed by atoms with E-state index < -0.39 is 5.97 Å². The van der Waals surface area contributed by atoms with Crippen molar-refractivity contribution in [2.75, 3.05) is 6.61 Å². The maximum Gasteiger partial charge on any atom is 0.330 e. The minimum Gasteiger partial charge on any atom is -0.478 e. The number of ether oxygens (including phenoxy) is 1. The molecule has 0 fully saturated rings. The van der Waals surface area contributed by atoms with Crippen LogP contribution in [0.25, 0.3) is 0 Å². The summed E-state index contributed by atoms with van der Waals surface area (Å²) in [6.45, 7) is 6.54. The van der Waals surface area contributed by atoms with Crippen LogP contribution < -0.4 is 0 Å². The molecule has 0 atom stereocenters. The van der Waals surface area contributed by atoms with E-state index in [4.69, 9.17) is 10.4 Å². The van der Waals surface area contributed by atoms with Gasteiger partial charge in [-0.1, -0.05) is 13.5 Å². The molecule has 84 valence electrons. The predicted octanol–water partition coefficient (Wildman–Crippen LogP) is 1.50. The number of carboxylic acids is 1. The molecule has 5 heteroatoms. The highest BCUT2D eigenvalue weighted by molar-refractivity contribution is 5.84. The Balaban J connectivity index is 0. The number of rotatable bonds is 4. The SMILES string of the molecule is C=C(C)C(=O)O.CCC(=O)OCCC#N. The normalized spacial score (nSPS) is 7.80. The minimum absolute atomic E-state index is 0.176. The second kappa shape index (κ2) is 10.3. The smallest absolute Gasteiger partial charge is 0.330 e. The van der Waals surface area contributed by atoms with Gasteiger partial charge in [-0.25, -0.2) is 4.79 Å². The lowest BCUT2D eigenvalue weighted by molar-refractivity contribution is -0.143. The summed E-state index contributed by atoms with van der Waals surface area (Å²) >= 11 is 0. The number of carbonyl (C=O) groups excluding carboxylic acids is 1. The van der Waals surface area contributed by atoms with Gasteiger partial charge in [0.05, 0.1) is 12.5 Å². The lowest BCUT2D eigenvalue weighted by Gasteiger charge is -1.96. The average molecular weight is 213 g/mol. The van der Waals surface area contributed by atoms with Gasteiger partial charge in [-0.3, -0.25) is 4.79 Å². The highest BCUT2D eigenvalue weighted by Crippen LogP contribution is 1.85. The van der Waals surface area contributed by atoms with Crippen LogP contribution in [-0.4, -0.2) is 23.7 Å². The summed E-state index contributed by atoms with van der Waals surface area (Å²) in [4.78, 5) is 20.0. The monoisotopic (exact) mass is 213 g/mol. The van der Waals surface area contributed by atoms with Crippen LogP contribution in [0, 0.1) is 11.3 Å². The zero-order valence-electron chi connectivity index (χ0n) is 8.95. The van der Waals surface area contributed by atoms with Crippen LogP contribution >= 0.6 is 0 Å². The summed E-state index contributed by atoms with van der Waals surface area (Å²) < 4.78 is 4.57. The van der Waals surface area contributed by atoms with E-state index in [0.717, 1.165) is 0 Å². The van der Waals surface area contributed by atoms with Gasteiger partial charge in [0.2, 0.25) is 0 Å².